The van der Waals surface area contributed by atoms with Crippen molar-refractivity contribution in [2.45, 2.75) is 19.9 Å². The first kappa shape index (κ1) is 22.5. The Labute approximate surface area is 199 Å². The standard InChI is InChI=1S/C25H22BrN3O4/c1-2-17-5-9-19(10-6-17)29-24(31)22(23(30)27-25(29)32)16-20-4-3-13-28(20)14-15-33-21-11-7-18(26)8-12-21/h3-13,16H,2,14-15H2,1H3,(H,27,30,32). The van der Waals surface area contributed by atoms with Gasteiger partial charge in [-0.05, 0) is 66.6 Å². The number of halogens is 1. The van der Waals surface area contributed by atoms with Crippen LogP contribution in [0.4, 0.5) is 10.5 Å². The Bertz CT molecular complexity index is 1210. The number of hydrogen-bond acceptors (Lipinski definition) is 4. The first-order chi connectivity index (χ1) is 16.0. The zero-order valence-electron chi connectivity index (χ0n) is 18.0. The number of nitrogens with zero attached hydrogens (tertiary/aromatic N) is 2. The summed E-state index contributed by atoms with van der Waals surface area (Å²) in [4.78, 5) is 39.0. The van der Waals surface area contributed by atoms with E-state index in [1.807, 2.05) is 60.2 Å². The molecule has 4 amide bonds. The van der Waals surface area contributed by atoms with Crippen LogP contribution in [0.5, 0.6) is 5.75 Å². The summed E-state index contributed by atoms with van der Waals surface area (Å²) in [5.74, 6) is -0.632. The van der Waals surface area contributed by atoms with E-state index < -0.39 is 17.8 Å². The second-order valence-corrected chi connectivity index (χ2v) is 8.32. The molecule has 2 heterocycles. The number of barbiturate groups is 1. The lowest BCUT2D eigenvalue weighted by Gasteiger charge is -2.26. The van der Waals surface area contributed by atoms with Crippen LogP contribution in [0.3, 0.4) is 0 Å². The minimum Gasteiger partial charge on any atom is -0.492 e. The number of ether oxygens (including phenoxy) is 1. The number of urea groups is 1. The number of aryl methyl sites for hydroxylation is 1. The van der Waals surface area contributed by atoms with Crippen LogP contribution in [0.15, 0.2) is 76.9 Å². The van der Waals surface area contributed by atoms with Crippen molar-refractivity contribution in [1.82, 2.24) is 9.88 Å². The van der Waals surface area contributed by atoms with Crippen molar-refractivity contribution in [1.29, 1.82) is 0 Å². The van der Waals surface area contributed by atoms with E-state index in [9.17, 15) is 14.4 Å². The molecule has 1 fully saturated rings. The number of hydrogen-bond donors (Lipinski definition) is 1. The molecular formula is C25H22BrN3O4. The van der Waals surface area contributed by atoms with Gasteiger partial charge in [-0.25, -0.2) is 9.69 Å². The van der Waals surface area contributed by atoms with Gasteiger partial charge in [0.15, 0.2) is 0 Å². The van der Waals surface area contributed by atoms with Crippen LogP contribution in [-0.2, 0) is 22.6 Å². The summed E-state index contributed by atoms with van der Waals surface area (Å²) in [7, 11) is 0. The van der Waals surface area contributed by atoms with E-state index in [-0.39, 0.29) is 5.57 Å². The lowest BCUT2D eigenvalue weighted by molar-refractivity contribution is -0.122. The summed E-state index contributed by atoms with van der Waals surface area (Å²) < 4.78 is 8.62. The Hall–Kier alpha value is -3.65. The van der Waals surface area contributed by atoms with Gasteiger partial charge in [-0.1, -0.05) is 35.0 Å². The van der Waals surface area contributed by atoms with Crippen LogP contribution in [0.2, 0.25) is 0 Å². The number of rotatable bonds is 7. The minimum absolute atomic E-state index is 0.108. The van der Waals surface area contributed by atoms with Crippen LogP contribution in [0.1, 0.15) is 18.2 Å². The molecule has 1 aromatic heterocycles. The fourth-order valence-electron chi connectivity index (χ4n) is 3.48. The molecule has 0 unspecified atom stereocenters. The summed E-state index contributed by atoms with van der Waals surface area (Å²) in [6.07, 6.45) is 4.18. The maximum absolute atomic E-state index is 13.1. The van der Waals surface area contributed by atoms with E-state index >= 15 is 0 Å². The van der Waals surface area contributed by atoms with Crippen molar-refractivity contribution in [3.05, 3.63) is 88.2 Å². The molecule has 1 saturated heterocycles. The number of carbonyl (C=O) groups is 3. The van der Waals surface area contributed by atoms with Gasteiger partial charge in [-0.2, -0.15) is 0 Å². The highest BCUT2D eigenvalue weighted by Crippen LogP contribution is 2.23. The maximum Gasteiger partial charge on any atom is 0.335 e. The zero-order chi connectivity index (χ0) is 23.4. The van der Waals surface area contributed by atoms with Crippen molar-refractivity contribution in [3.8, 4) is 5.75 Å². The van der Waals surface area contributed by atoms with Crippen molar-refractivity contribution < 1.29 is 19.1 Å². The molecule has 7 nitrogen and oxygen atoms in total. The molecule has 33 heavy (non-hydrogen) atoms. The lowest BCUT2D eigenvalue weighted by atomic mass is 10.1. The minimum atomic E-state index is -0.760. The van der Waals surface area contributed by atoms with Crippen molar-refractivity contribution >= 4 is 45.5 Å². The third kappa shape index (κ3) is 5.06. The topological polar surface area (TPSA) is 80.6 Å². The van der Waals surface area contributed by atoms with Gasteiger partial charge in [0.05, 0.1) is 12.2 Å². The van der Waals surface area contributed by atoms with Gasteiger partial charge in [0, 0.05) is 16.4 Å². The van der Waals surface area contributed by atoms with E-state index in [1.54, 1.807) is 18.2 Å². The Morgan fingerprint density at radius 1 is 1.00 bits per heavy atom. The number of amides is 4. The molecule has 0 aliphatic carbocycles. The van der Waals surface area contributed by atoms with Crippen molar-refractivity contribution in [2.75, 3.05) is 11.5 Å². The van der Waals surface area contributed by atoms with Gasteiger partial charge >= 0.3 is 6.03 Å². The smallest absolute Gasteiger partial charge is 0.335 e. The number of nitrogens with one attached hydrogen (secondary N) is 1. The molecular weight excluding hydrogens is 486 g/mol. The molecule has 4 rings (SSSR count). The lowest BCUT2D eigenvalue weighted by Crippen LogP contribution is -2.54. The highest BCUT2D eigenvalue weighted by Gasteiger charge is 2.36. The van der Waals surface area contributed by atoms with Crippen LogP contribution in [-0.4, -0.2) is 29.0 Å². The van der Waals surface area contributed by atoms with Crippen LogP contribution >= 0.6 is 15.9 Å². The Kier molecular flexibility index (Phi) is 6.74. The summed E-state index contributed by atoms with van der Waals surface area (Å²) in [5.41, 5.74) is 2.04. The summed E-state index contributed by atoms with van der Waals surface area (Å²) in [6.45, 7) is 2.94. The van der Waals surface area contributed by atoms with E-state index in [4.69, 9.17) is 4.74 Å². The van der Waals surface area contributed by atoms with Gasteiger partial charge in [0.2, 0.25) is 0 Å². The molecule has 0 radical (unpaired) electrons. The second-order valence-electron chi connectivity index (χ2n) is 7.41. The average Bonchev–Trinajstić information content (AvgIpc) is 3.25. The largest absolute Gasteiger partial charge is 0.492 e. The Morgan fingerprint density at radius 2 is 1.73 bits per heavy atom. The number of aromatic nitrogens is 1. The fraction of sp³-hybridized carbons (Fsp3) is 0.160. The maximum atomic E-state index is 13.1. The molecule has 2 aromatic carbocycles. The van der Waals surface area contributed by atoms with Gasteiger partial charge in [-0.15, -0.1) is 0 Å². The number of anilines is 1. The van der Waals surface area contributed by atoms with E-state index in [2.05, 4.69) is 21.2 Å². The molecule has 1 aliphatic heterocycles. The summed E-state index contributed by atoms with van der Waals surface area (Å²) in [6, 6.07) is 17.5. The van der Waals surface area contributed by atoms with Gasteiger partial charge in [-0.3, -0.25) is 14.9 Å². The summed E-state index contributed by atoms with van der Waals surface area (Å²) >= 11 is 3.39. The SMILES string of the molecule is CCc1ccc(N2C(=O)NC(=O)C(=Cc3cccn3CCOc3ccc(Br)cc3)C2=O)cc1. The third-order valence-corrected chi connectivity index (χ3v) is 5.80. The highest BCUT2D eigenvalue weighted by molar-refractivity contribution is 9.10. The molecule has 0 spiro atoms. The normalized spacial score (nSPS) is 15.2. The van der Waals surface area contributed by atoms with Crippen LogP contribution < -0.4 is 15.0 Å². The molecule has 3 aromatic rings. The number of benzene rings is 2. The number of imide groups is 2. The predicted octanol–water partition coefficient (Wildman–Crippen LogP) is 4.56. The first-order valence-corrected chi connectivity index (χ1v) is 11.3. The summed E-state index contributed by atoms with van der Waals surface area (Å²) in [5, 5.41) is 2.26. The fourth-order valence-corrected chi connectivity index (χ4v) is 3.74. The quantitative estimate of drug-likeness (QED) is 0.375. The third-order valence-electron chi connectivity index (χ3n) is 5.28. The second kappa shape index (κ2) is 9.87. The van der Waals surface area contributed by atoms with E-state index in [0.717, 1.165) is 27.1 Å². The Balaban J connectivity index is 1.52. The van der Waals surface area contributed by atoms with Crippen LogP contribution in [0.25, 0.3) is 6.08 Å². The van der Waals surface area contributed by atoms with Crippen molar-refractivity contribution in [3.63, 3.8) is 0 Å². The van der Waals surface area contributed by atoms with Gasteiger partial charge in [0.1, 0.15) is 17.9 Å². The Morgan fingerprint density at radius 3 is 2.42 bits per heavy atom. The molecule has 0 bridgehead atoms. The van der Waals surface area contributed by atoms with Gasteiger partial charge < -0.3 is 9.30 Å². The molecule has 1 N–H and O–H groups in total. The van der Waals surface area contributed by atoms with Crippen molar-refractivity contribution in [2.24, 2.45) is 0 Å². The van der Waals surface area contributed by atoms with Gasteiger partial charge in [0.25, 0.3) is 11.8 Å². The zero-order valence-corrected chi connectivity index (χ0v) is 19.5. The van der Waals surface area contributed by atoms with E-state index in [0.29, 0.717) is 24.5 Å². The first-order valence-electron chi connectivity index (χ1n) is 10.5. The molecule has 0 saturated carbocycles. The average molecular weight is 508 g/mol. The van der Waals surface area contributed by atoms with E-state index in [1.165, 1.54) is 6.08 Å². The molecule has 8 heteroatoms. The number of carbonyl (C=O) groups excluding carboxylic acids is 3. The monoisotopic (exact) mass is 507 g/mol. The molecule has 168 valence electrons. The molecule has 1 aliphatic rings. The predicted molar refractivity (Wildman–Crippen MR) is 129 cm³/mol. The highest BCUT2D eigenvalue weighted by atomic mass is 79.9. The van der Waals surface area contributed by atoms with Crippen LogP contribution in [0, 0.1) is 0 Å². The molecule has 0 atom stereocenters.